The molecule has 1 rings (SSSR count). The first-order valence-electron chi connectivity index (χ1n) is 3.57. The van der Waals surface area contributed by atoms with E-state index in [1.165, 1.54) is 0 Å². The second-order valence-corrected chi connectivity index (χ2v) is 5.26. The van der Waals surface area contributed by atoms with Crippen molar-refractivity contribution in [2.24, 2.45) is 5.14 Å². The number of hydrogen-bond donors (Lipinski definition) is 1. The zero-order valence-corrected chi connectivity index (χ0v) is 8.79. The number of nitrogens with two attached hydrogens (primary N) is 1. The maximum atomic E-state index is 11.9. The van der Waals surface area contributed by atoms with Crippen LogP contribution in [0.1, 0.15) is 0 Å². The number of hydrogen-bond acceptors (Lipinski definition) is 3. The summed E-state index contributed by atoms with van der Waals surface area (Å²) in [5.74, 6) is 0. The molecule has 0 saturated carbocycles. The molecule has 2 N–H and O–H groups in total. The summed E-state index contributed by atoms with van der Waals surface area (Å²) in [6.45, 7) is 0. The third-order valence-corrected chi connectivity index (χ3v) is 3.05. The largest absolute Gasteiger partial charge is 0.446 e. The molecule has 84 valence electrons. The molecule has 3 nitrogen and oxygen atoms in total. The van der Waals surface area contributed by atoms with Crippen LogP contribution in [0.3, 0.4) is 0 Å². The van der Waals surface area contributed by atoms with Crippen molar-refractivity contribution >= 4 is 21.8 Å². The van der Waals surface area contributed by atoms with Crippen molar-refractivity contribution in [2.75, 3.05) is 0 Å². The maximum Gasteiger partial charge on any atom is 0.446 e. The average Bonchev–Trinajstić information content (AvgIpc) is 2.00. The zero-order chi connectivity index (χ0) is 11.7. The molecule has 0 fully saturated rings. The molecule has 0 unspecified atom stereocenters. The molecule has 0 heterocycles. The van der Waals surface area contributed by atoms with Gasteiger partial charge in [-0.2, -0.15) is 13.2 Å². The van der Waals surface area contributed by atoms with Crippen LogP contribution in [0.15, 0.2) is 34.1 Å². The van der Waals surface area contributed by atoms with Gasteiger partial charge in [-0.1, -0.05) is 0 Å². The highest BCUT2D eigenvalue weighted by Crippen LogP contribution is 2.36. The second-order valence-electron chi connectivity index (χ2n) is 2.56. The Labute approximate surface area is 88.5 Å². The van der Waals surface area contributed by atoms with Crippen molar-refractivity contribution in [3.05, 3.63) is 24.3 Å². The third-order valence-electron chi connectivity index (χ3n) is 1.39. The van der Waals surface area contributed by atoms with Gasteiger partial charge in [0.2, 0.25) is 10.0 Å². The summed E-state index contributed by atoms with van der Waals surface area (Å²) in [6, 6.07) is 4.17. The minimum atomic E-state index is -4.39. The molecule has 0 aliphatic rings. The second kappa shape index (κ2) is 4.03. The molecule has 0 aromatic heterocycles. The van der Waals surface area contributed by atoms with Gasteiger partial charge in [-0.05, 0) is 36.0 Å². The van der Waals surface area contributed by atoms with Crippen LogP contribution in [0.25, 0.3) is 0 Å². The van der Waals surface area contributed by atoms with Crippen molar-refractivity contribution in [1.82, 2.24) is 0 Å². The lowest BCUT2D eigenvalue weighted by Gasteiger charge is -2.05. The fourth-order valence-electron chi connectivity index (χ4n) is 0.831. The molecule has 8 heteroatoms. The van der Waals surface area contributed by atoms with E-state index >= 15 is 0 Å². The SMILES string of the molecule is NS(=O)(=O)c1ccc(SC(F)(F)F)cc1. The van der Waals surface area contributed by atoms with E-state index in [2.05, 4.69) is 0 Å². The summed E-state index contributed by atoms with van der Waals surface area (Å²) in [7, 11) is -3.85. The number of alkyl halides is 3. The maximum absolute atomic E-state index is 11.9. The first-order chi connectivity index (χ1) is 6.68. The number of rotatable bonds is 2. The van der Waals surface area contributed by atoms with Crippen LogP contribution in [0.4, 0.5) is 13.2 Å². The van der Waals surface area contributed by atoms with Gasteiger partial charge in [-0.15, -0.1) is 0 Å². The number of halogens is 3. The molecule has 0 spiro atoms. The summed E-state index contributed by atoms with van der Waals surface area (Å²) < 4.78 is 57.2. The van der Waals surface area contributed by atoms with Crippen molar-refractivity contribution in [2.45, 2.75) is 15.3 Å². The van der Waals surface area contributed by atoms with Crippen molar-refractivity contribution in [3.8, 4) is 0 Å². The lowest BCUT2D eigenvalue weighted by molar-refractivity contribution is -0.0328. The minimum absolute atomic E-state index is 0.0881. The Morgan fingerprint density at radius 1 is 1.13 bits per heavy atom. The molecule has 0 aliphatic carbocycles. The summed E-state index contributed by atoms with van der Waals surface area (Å²) in [5.41, 5.74) is -4.39. The molecular weight excluding hydrogens is 251 g/mol. The lowest BCUT2D eigenvalue weighted by atomic mass is 10.4. The Morgan fingerprint density at radius 3 is 1.93 bits per heavy atom. The molecule has 0 bridgehead atoms. The van der Waals surface area contributed by atoms with E-state index < -0.39 is 15.5 Å². The van der Waals surface area contributed by atoms with E-state index in [0.29, 0.717) is 0 Å². The first kappa shape index (κ1) is 12.3. The van der Waals surface area contributed by atoms with Gasteiger partial charge in [0.25, 0.3) is 0 Å². The Morgan fingerprint density at radius 2 is 1.60 bits per heavy atom. The Bertz CT molecular complexity index is 438. The molecular formula is C7H6F3NO2S2. The van der Waals surface area contributed by atoms with Gasteiger partial charge >= 0.3 is 5.51 Å². The number of benzene rings is 1. The summed E-state index contributed by atoms with van der Waals surface area (Å²) in [5, 5.41) is 4.78. The standard InChI is InChI=1S/C7H6F3NO2S2/c8-7(9,10)14-5-1-3-6(4-2-5)15(11,12)13/h1-4H,(H2,11,12,13). The summed E-state index contributed by atoms with van der Waals surface area (Å²) >= 11 is -0.316. The average molecular weight is 257 g/mol. The molecule has 1 aromatic rings. The fraction of sp³-hybridized carbons (Fsp3) is 0.143. The van der Waals surface area contributed by atoms with E-state index in [-0.39, 0.29) is 21.6 Å². The zero-order valence-electron chi connectivity index (χ0n) is 7.15. The predicted octanol–water partition coefficient (Wildman–Crippen LogP) is 1.95. The van der Waals surface area contributed by atoms with Crippen LogP contribution in [0.2, 0.25) is 0 Å². The van der Waals surface area contributed by atoms with E-state index in [9.17, 15) is 21.6 Å². The summed E-state index contributed by atoms with van der Waals surface area (Å²) in [6.07, 6.45) is 0. The van der Waals surface area contributed by atoms with Crippen LogP contribution in [0.5, 0.6) is 0 Å². The van der Waals surface area contributed by atoms with E-state index in [1.807, 2.05) is 0 Å². The van der Waals surface area contributed by atoms with E-state index in [0.717, 1.165) is 24.3 Å². The van der Waals surface area contributed by atoms with Gasteiger partial charge in [0.1, 0.15) is 0 Å². The molecule has 1 aromatic carbocycles. The van der Waals surface area contributed by atoms with Crippen molar-refractivity contribution in [3.63, 3.8) is 0 Å². The van der Waals surface area contributed by atoms with Crippen LogP contribution in [0, 0.1) is 0 Å². The first-order valence-corrected chi connectivity index (χ1v) is 5.93. The summed E-state index contributed by atoms with van der Waals surface area (Å²) in [4.78, 5) is -0.302. The quantitative estimate of drug-likeness (QED) is 0.824. The van der Waals surface area contributed by atoms with Crippen LogP contribution >= 0.6 is 11.8 Å². The van der Waals surface area contributed by atoms with Crippen molar-refractivity contribution in [1.29, 1.82) is 0 Å². The van der Waals surface area contributed by atoms with Gasteiger partial charge in [0.05, 0.1) is 4.90 Å². The van der Waals surface area contributed by atoms with Gasteiger partial charge in [0.15, 0.2) is 0 Å². The Kier molecular flexibility index (Phi) is 3.31. The Hall–Kier alpha value is -0.730. The topological polar surface area (TPSA) is 60.2 Å². The highest BCUT2D eigenvalue weighted by molar-refractivity contribution is 8.00. The predicted molar refractivity (Wildman–Crippen MR) is 49.7 cm³/mol. The van der Waals surface area contributed by atoms with E-state index in [1.54, 1.807) is 0 Å². The van der Waals surface area contributed by atoms with Gasteiger partial charge in [0, 0.05) is 4.90 Å². The molecule has 0 amide bonds. The smallest absolute Gasteiger partial charge is 0.225 e. The van der Waals surface area contributed by atoms with Crippen LogP contribution in [-0.2, 0) is 10.0 Å². The third kappa shape index (κ3) is 4.10. The molecule has 0 aliphatic heterocycles. The van der Waals surface area contributed by atoms with Gasteiger partial charge < -0.3 is 0 Å². The molecule has 0 atom stereocenters. The number of primary sulfonamides is 1. The van der Waals surface area contributed by atoms with Gasteiger partial charge in [-0.25, -0.2) is 13.6 Å². The molecule has 0 saturated heterocycles. The van der Waals surface area contributed by atoms with Gasteiger partial charge in [-0.3, -0.25) is 0 Å². The fourth-order valence-corrected chi connectivity index (χ4v) is 1.89. The normalized spacial score (nSPS) is 12.8. The minimum Gasteiger partial charge on any atom is -0.225 e. The monoisotopic (exact) mass is 257 g/mol. The lowest BCUT2D eigenvalue weighted by Crippen LogP contribution is -2.11. The molecule has 15 heavy (non-hydrogen) atoms. The highest BCUT2D eigenvalue weighted by Gasteiger charge is 2.29. The van der Waals surface area contributed by atoms with Crippen LogP contribution < -0.4 is 5.14 Å². The Balaban J connectivity index is 2.92. The highest BCUT2D eigenvalue weighted by atomic mass is 32.2. The molecule has 0 radical (unpaired) electrons. The number of thioether (sulfide) groups is 1. The van der Waals surface area contributed by atoms with E-state index in [4.69, 9.17) is 5.14 Å². The number of sulfonamides is 1. The van der Waals surface area contributed by atoms with Crippen molar-refractivity contribution < 1.29 is 21.6 Å². The van der Waals surface area contributed by atoms with Crippen LogP contribution in [-0.4, -0.2) is 13.9 Å².